The second kappa shape index (κ2) is 3.33. The molecule has 2 rings (SSSR count). The molecule has 0 saturated carbocycles. The second-order valence-corrected chi connectivity index (χ2v) is 3.92. The number of H-pyrrole nitrogens is 1. The van der Waals surface area contributed by atoms with E-state index in [0.29, 0.717) is 6.04 Å². The summed E-state index contributed by atoms with van der Waals surface area (Å²) in [5, 5.41) is 11.7. The summed E-state index contributed by atoms with van der Waals surface area (Å²) >= 11 is 0. The van der Waals surface area contributed by atoms with Crippen molar-refractivity contribution in [1.82, 2.24) is 10.2 Å². The summed E-state index contributed by atoms with van der Waals surface area (Å²) in [6.45, 7) is 6.30. The van der Waals surface area contributed by atoms with Gasteiger partial charge in [-0.05, 0) is 32.9 Å². The van der Waals surface area contributed by atoms with Gasteiger partial charge in [-0.3, -0.25) is 5.10 Å². The molecule has 2 aromatic rings. The van der Waals surface area contributed by atoms with Gasteiger partial charge < -0.3 is 5.32 Å². The first-order valence-electron chi connectivity index (χ1n) is 4.88. The maximum absolute atomic E-state index is 4.24. The summed E-state index contributed by atoms with van der Waals surface area (Å²) in [5.41, 5.74) is 2.34. The highest BCUT2D eigenvalue weighted by Crippen LogP contribution is 2.21. The van der Waals surface area contributed by atoms with Crippen LogP contribution < -0.4 is 5.32 Å². The van der Waals surface area contributed by atoms with Crippen molar-refractivity contribution in [2.75, 3.05) is 5.32 Å². The molecule has 3 heteroatoms. The van der Waals surface area contributed by atoms with E-state index in [2.05, 4.69) is 54.5 Å². The highest BCUT2D eigenvalue weighted by atomic mass is 15.2. The van der Waals surface area contributed by atoms with E-state index in [1.54, 1.807) is 0 Å². The van der Waals surface area contributed by atoms with Gasteiger partial charge in [-0.1, -0.05) is 11.6 Å². The van der Waals surface area contributed by atoms with E-state index >= 15 is 0 Å². The Morgan fingerprint density at radius 2 is 2.14 bits per heavy atom. The minimum absolute atomic E-state index is 0.405. The second-order valence-electron chi connectivity index (χ2n) is 3.92. The third kappa shape index (κ3) is 1.58. The van der Waals surface area contributed by atoms with Gasteiger partial charge in [0.05, 0.1) is 5.52 Å². The Kier molecular flexibility index (Phi) is 2.15. The zero-order valence-corrected chi connectivity index (χ0v) is 8.76. The molecule has 0 bridgehead atoms. The molecule has 3 nitrogen and oxygen atoms in total. The van der Waals surface area contributed by atoms with Crippen molar-refractivity contribution in [3.8, 4) is 0 Å². The molecule has 2 N–H and O–H groups in total. The number of nitrogens with zero attached hydrogens (tertiary/aromatic N) is 1. The molecular formula is C11H15N3. The minimum Gasteiger partial charge on any atom is -0.366 e. The van der Waals surface area contributed by atoms with Gasteiger partial charge >= 0.3 is 0 Å². The van der Waals surface area contributed by atoms with Gasteiger partial charge in [-0.2, -0.15) is 5.10 Å². The van der Waals surface area contributed by atoms with Gasteiger partial charge in [0.25, 0.3) is 0 Å². The van der Waals surface area contributed by atoms with Crippen molar-refractivity contribution in [3.63, 3.8) is 0 Å². The third-order valence-corrected chi connectivity index (χ3v) is 2.14. The number of aromatic amines is 1. The maximum Gasteiger partial charge on any atom is 0.155 e. The lowest BCUT2D eigenvalue weighted by Gasteiger charge is -2.06. The average Bonchev–Trinajstić information content (AvgIpc) is 2.47. The van der Waals surface area contributed by atoms with Crippen LogP contribution in [0.4, 0.5) is 5.82 Å². The van der Waals surface area contributed by atoms with Crippen molar-refractivity contribution < 1.29 is 0 Å². The lowest BCUT2D eigenvalue weighted by Crippen LogP contribution is -2.09. The summed E-state index contributed by atoms with van der Waals surface area (Å²) < 4.78 is 0. The van der Waals surface area contributed by atoms with E-state index < -0.39 is 0 Å². The lowest BCUT2D eigenvalue weighted by molar-refractivity contribution is 0.886. The Morgan fingerprint density at radius 3 is 2.86 bits per heavy atom. The molecule has 0 unspecified atom stereocenters. The molecule has 0 amide bonds. The zero-order chi connectivity index (χ0) is 10.1. The number of hydrogen-bond donors (Lipinski definition) is 2. The fourth-order valence-corrected chi connectivity index (χ4v) is 1.51. The highest BCUT2D eigenvalue weighted by Gasteiger charge is 2.05. The number of fused-ring (bicyclic) bond motifs is 1. The Hall–Kier alpha value is -1.51. The Balaban J connectivity index is 2.50. The number of aromatic nitrogens is 2. The van der Waals surface area contributed by atoms with E-state index in [1.807, 2.05) is 0 Å². The van der Waals surface area contributed by atoms with Gasteiger partial charge in [0, 0.05) is 11.4 Å². The quantitative estimate of drug-likeness (QED) is 0.762. The van der Waals surface area contributed by atoms with Crippen LogP contribution >= 0.6 is 0 Å². The van der Waals surface area contributed by atoms with Crippen molar-refractivity contribution in [1.29, 1.82) is 0 Å². The van der Waals surface area contributed by atoms with Crippen LogP contribution in [0.5, 0.6) is 0 Å². The molecule has 0 saturated heterocycles. The average molecular weight is 189 g/mol. The summed E-state index contributed by atoms with van der Waals surface area (Å²) in [5.74, 6) is 0.943. The largest absolute Gasteiger partial charge is 0.366 e. The van der Waals surface area contributed by atoms with Gasteiger partial charge in [-0.25, -0.2) is 0 Å². The Morgan fingerprint density at radius 1 is 1.36 bits per heavy atom. The molecule has 74 valence electrons. The molecule has 1 heterocycles. The van der Waals surface area contributed by atoms with E-state index in [9.17, 15) is 0 Å². The van der Waals surface area contributed by atoms with Crippen molar-refractivity contribution in [2.24, 2.45) is 0 Å². The van der Waals surface area contributed by atoms with E-state index in [1.165, 1.54) is 10.9 Å². The Labute approximate surface area is 83.5 Å². The van der Waals surface area contributed by atoms with Crippen molar-refractivity contribution in [2.45, 2.75) is 26.8 Å². The first-order chi connectivity index (χ1) is 6.66. The number of aryl methyl sites for hydroxylation is 1. The summed E-state index contributed by atoms with van der Waals surface area (Å²) in [7, 11) is 0. The molecular weight excluding hydrogens is 174 g/mol. The number of rotatable bonds is 2. The topological polar surface area (TPSA) is 40.7 Å². The molecule has 0 aliphatic heterocycles. The molecule has 14 heavy (non-hydrogen) atoms. The number of hydrogen-bond acceptors (Lipinski definition) is 2. The van der Waals surface area contributed by atoms with Gasteiger partial charge in [0.2, 0.25) is 0 Å². The highest BCUT2D eigenvalue weighted by molar-refractivity contribution is 5.90. The van der Waals surface area contributed by atoms with Crippen LogP contribution in [0, 0.1) is 6.92 Å². The normalized spacial score (nSPS) is 11.1. The van der Waals surface area contributed by atoms with E-state index in [0.717, 1.165) is 11.3 Å². The summed E-state index contributed by atoms with van der Waals surface area (Å²) in [4.78, 5) is 0. The van der Waals surface area contributed by atoms with Crippen LogP contribution in [0.15, 0.2) is 18.2 Å². The predicted molar refractivity (Wildman–Crippen MR) is 59.6 cm³/mol. The minimum atomic E-state index is 0.405. The van der Waals surface area contributed by atoms with Gasteiger partial charge in [0.15, 0.2) is 5.82 Å². The van der Waals surface area contributed by atoms with Gasteiger partial charge in [-0.15, -0.1) is 0 Å². The molecule has 0 atom stereocenters. The third-order valence-electron chi connectivity index (χ3n) is 2.14. The molecule has 0 aliphatic rings. The molecule has 0 radical (unpaired) electrons. The molecule has 0 aliphatic carbocycles. The lowest BCUT2D eigenvalue weighted by atomic mass is 10.2. The van der Waals surface area contributed by atoms with Gasteiger partial charge in [0.1, 0.15) is 0 Å². The molecule has 0 fully saturated rings. The molecule has 0 spiro atoms. The first-order valence-corrected chi connectivity index (χ1v) is 4.88. The van der Waals surface area contributed by atoms with Crippen LogP contribution in [-0.4, -0.2) is 16.2 Å². The van der Waals surface area contributed by atoms with Crippen LogP contribution in [0.1, 0.15) is 19.4 Å². The zero-order valence-electron chi connectivity index (χ0n) is 8.76. The fraction of sp³-hybridized carbons (Fsp3) is 0.364. The van der Waals surface area contributed by atoms with Crippen LogP contribution in [0.3, 0.4) is 0 Å². The SMILES string of the molecule is Cc1ccc2[nH]nc(NC(C)C)c2c1. The first kappa shape index (κ1) is 9.06. The van der Waals surface area contributed by atoms with Crippen LogP contribution in [0.25, 0.3) is 10.9 Å². The van der Waals surface area contributed by atoms with E-state index in [-0.39, 0.29) is 0 Å². The van der Waals surface area contributed by atoms with Crippen LogP contribution in [0.2, 0.25) is 0 Å². The smallest absolute Gasteiger partial charge is 0.155 e. The van der Waals surface area contributed by atoms with Crippen molar-refractivity contribution in [3.05, 3.63) is 23.8 Å². The standard InChI is InChI=1S/C11H15N3/c1-7(2)12-11-9-6-8(3)4-5-10(9)13-14-11/h4-7H,1-3H3,(H2,12,13,14). The molecule has 1 aromatic heterocycles. The summed E-state index contributed by atoms with van der Waals surface area (Å²) in [6, 6.07) is 6.69. The van der Waals surface area contributed by atoms with Crippen molar-refractivity contribution >= 4 is 16.7 Å². The maximum atomic E-state index is 4.24. The van der Waals surface area contributed by atoms with Crippen LogP contribution in [-0.2, 0) is 0 Å². The number of anilines is 1. The van der Waals surface area contributed by atoms with E-state index in [4.69, 9.17) is 0 Å². The Bertz CT molecular complexity index is 443. The predicted octanol–water partition coefficient (Wildman–Crippen LogP) is 2.69. The monoisotopic (exact) mass is 189 g/mol. The number of benzene rings is 1. The summed E-state index contributed by atoms with van der Waals surface area (Å²) in [6.07, 6.45) is 0. The number of nitrogens with one attached hydrogen (secondary N) is 2. The fourth-order valence-electron chi connectivity index (χ4n) is 1.51. The molecule has 1 aromatic carbocycles.